The molecular formula is C17H14BrN3OS. The van der Waals surface area contributed by atoms with Crippen LogP contribution in [-0.4, -0.2) is 28.1 Å². The first-order valence-corrected chi connectivity index (χ1v) is 8.80. The second-order valence-corrected chi connectivity index (χ2v) is 6.88. The highest BCUT2D eigenvalue weighted by Crippen LogP contribution is 2.24. The van der Waals surface area contributed by atoms with Crippen molar-refractivity contribution in [1.82, 2.24) is 5.01 Å². The smallest absolute Gasteiger partial charge is 0.259 e. The Morgan fingerprint density at radius 2 is 1.83 bits per heavy atom. The highest BCUT2D eigenvalue weighted by atomic mass is 79.9. The maximum Gasteiger partial charge on any atom is 0.259 e. The Morgan fingerprint density at radius 3 is 2.52 bits per heavy atom. The van der Waals surface area contributed by atoms with Crippen molar-refractivity contribution in [3.8, 4) is 0 Å². The molecule has 2 aromatic rings. The minimum absolute atomic E-state index is 0.0609. The second kappa shape index (κ2) is 7.10. The molecule has 0 unspecified atom stereocenters. The molecule has 0 bridgehead atoms. The maximum atomic E-state index is 12.0. The molecule has 0 aliphatic carbocycles. The topological polar surface area (TPSA) is 45.0 Å². The quantitative estimate of drug-likeness (QED) is 0.734. The molecule has 4 nitrogen and oxygen atoms in total. The van der Waals surface area contributed by atoms with Crippen LogP contribution in [0, 0.1) is 6.92 Å². The molecule has 0 radical (unpaired) electrons. The summed E-state index contributed by atoms with van der Waals surface area (Å²) in [6, 6.07) is 15.6. The molecule has 1 heterocycles. The van der Waals surface area contributed by atoms with Crippen molar-refractivity contribution < 1.29 is 4.79 Å². The standard InChI is InChI=1S/C17H14BrN3OS/c1-12-2-8-15(9-3-12)20-17-21(16(22)11-23-17)19-10-13-4-6-14(18)7-5-13/h2-10H,11H2,1H3/b19-10+,20-17?. The summed E-state index contributed by atoms with van der Waals surface area (Å²) >= 11 is 4.79. The first-order chi connectivity index (χ1) is 11.1. The lowest BCUT2D eigenvalue weighted by atomic mass is 10.2. The molecule has 2 aromatic carbocycles. The van der Waals surface area contributed by atoms with E-state index in [0.717, 1.165) is 15.7 Å². The van der Waals surface area contributed by atoms with Crippen LogP contribution in [0.4, 0.5) is 5.69 Å². The van der Waals surface area contributed by atoms with Crippen LogP contribution >= 0.6 is 27.7 Å². The Kier molecular flexibility index (Phi) is 4.93. The fourth-order valence-electron chi connectivity index (χ4n) is 1.95. The zero-order valence-corrected chi connectivity index (χ0v) is 14.8. The maximum absolute atomic E-state index is 12.0. The van der Waals surface area contributed by atoms with E-state index < -0.39 is 0 Å². The molecule has 0 atom stereocenters. The largest absolute Gasteiger partial charge is 0.271 e. The van der Waals surface area contributed by atoms with Crippen LogP contribution in [0.3, 0.4) is 0 Å². The number of halogens is 1. The number of aliphatic imine (C=N–C) groups is 1. The van der Waals surface area contributed by atoms with E-state index in [1.165, 1.54) is 22.3 Å². The van der Waals surface area contributed by atoms with Crippen molar-refractivity contribution in [2.24, 2.45) is 10.1 Å². The van der Waals surface area contributed by atoms with Gasteiger partial charge in [0.1, 0.15) is 0 Å². The lowest BCUT2D eigenvalue weighted by Crippen LogP contribution is -2.23. The van der Waals surface area contributed by atoms with Crippen molar-refractivity contribution in [2.75, 3.05) is 5.75 Å². The van der Waals surface area contributed by atoms with Crippen LogP contribution in [0.5, 0.6) is 0 Å². The molecule has 1 fully saturated rings. The average Bonchev–Trinajstić information content (AvgIpc) is 2.89. The predicted octanol–water partition coefficient (Wildman–Crippen LogP) is 4.35. The number of nitrogens with zero attached hydrogens (tertiary/aromatic N) is 3. The Morgan fingerprint density at radius 1 is 1.13 bits per heavy atom. The number of carbonyl (C=O) groups excluding carboxylic acids is 1. The number of hydrogen-bond donors (Lipinski definition) is 0. The number of amides is 1. The third-order valence-electron chi connectivity index (χ3n) is 3.19. The average molecular weight is 388 g/mol. The molecule has 116 valence electrons. The SMILES string of the molecule is Cc1ccc(N=C2SCC(=O)N2/N=C/c2ccc(Br)cc2)cc1. The molecule has 1 aliphatic rings. The van der Waals surface area contributed by atoms with Gasteiger partial charge >= 0.3 is 0 Å². The van der Waals surface area contributed by atoms with Crippen LogP contribution < -0.4 is 0 Å². The molecule has 0 spiro atoms. The van der Waals surface area contributed by atoms with Gasteiger partial charge in [-0.25, -0.2) is 4.99 Å². The van der Waals surface area contributed by atoms with E-state index in [9.17, 15) is 4.79 Å². The Hall–Kier alpha value is -1.92. The van der Waals surface area contributed by atoms with Gasteiger partial charge in [0.15, 0.2) is 5.17 Å². The second-order valence-electron chi connectivity index (χ2n) is 5.02. The van der Waals surface area contributed by atoms with E-state index in [4.69, 9.17) is 0 Å². The van der Waals surface area contributed by atoms with Crippen molar-refractivity contribution in [1.29, 1.82) is 0 Å². The number of amidine groups is 1. The van der Waals surface area contributed by atoms with Crippen molar-refractivity contribution in [2.45, 2.75) is 6.92 Å². The summed E-state index contributed by atoms with van der Waals surface area (Å²) in [6.45, 7) is 2.03. The molecule has 0 saturated carbocycles. The molecule has 3 rings (SSSR count). The van der Waals surface area contributed by atoms with Crippen molar-refractivity contribution in [3.05, 3.63) is 64.1 Å². The summed E-state index contributed by atoms with van der Waals surface area (Å²) < 4.78 is 1.00. The Labute approximate surface area is 147 Å². The minimum Gasteiger partial charge on any atom is -0.271 e. The third kappa shape index (κ3) is 4.09. The number of thioether (sulfide) groups is 1. The van der Waals surface area contributed by atoms with Gasteiger partial charge in [0.25, 0.3) is 5.91 Å². The summed E-state index contributed by atoms with van der Waals surface area (Å²) in [4.78, 5) is 16.5. The van der Waals surface area contributed by atoms with Gasteiger partial charge < -0.3 is 0 Å². The van der Waals surface area contributed by atoms with Crippen LogP contribution in [0.25, 0.3) is 0 Å². The fraction of sp³-hybridized carbons (Fsp3) is 0.118. The van der Waals surface area contributed by atoms with Gasteiger partial charge in [-0.05, 0) is 36.8 Å². The van der Waals surface area contributed by atoms with E-state index >= 15 is 0 Å². The highest BCUT2D eigenvalue weighted by molar-refractivity contribution is 9.10. The zero-order valence-electron chi connectivity index (χ0n) is 12.4. The highest BCUT2D eigenvalue weighted by Gasteiger charge is 2.27. The number of rotatable bonds is 3. The van der Waals surface area contributed by atoms with Crippen molar-refractivity contribution >= 4 is 50.7 Å². The number of aryl methyl sites for hydroxylation is 1. The molecule has 0 N–H and O–H groups in total. The molecule has 1 amide bonds. The number of hydrogen-bond acceptors (Lipinski definition) is 4. The van der Waals surface area contributed by atoms with Gasteiger partial charge in [0.2, 0.25) is 0 Å². The lowest BCUT2D eigenvalue weighted by Gasteiger charge is -2.08. The summed E-state index contributed by atoms with van der Waals surface area (Å²) in [5, 5.41) is 6.26. The molecule has 23 heavy (non-hydrogen) atoms. The van der Waals surface area contributed by atoms with Gasteiger partial charge in [-0.2, -0.15) is 10.1 Å². The number of benzene rings is 2. The number of carbonyl (C=O) groups is 1. The number of hydrazone groups is 1. The van der Waals surface area contributed by atoms with Gasteiger partial charge in [-0.15, -0.1) is 0 Å². The molecular weight excluding hydrogens is 374 g/mol. The summed E-state index contributed by atoms with van der Waals surface area (Å²) in [5.74, 6) is 0.303. The van der Waals surface area contributed by atoms with E-state index in [2.05, 4.69) is 26.0 Å². The van der Waals surface area contributed by atoms with E-state index in [-0.39, 0.29) is 5.91 Å². The van der Waals surface area contributed by atoms with Crippen molar-refractivity contribution in [3.63, 3.8) is 0 Å². The van der Waals surface area contributed by atoms with Crippen LogP contribution in [-0.2, 0) is 4.79 Å². The van der Waals surface area contributed by atoms with Gasteiger partial charge in [0, 0.05) is 4.47 Å². The first-order valence-electron chi connectivity index (χ1n) is 7.02. The molecule has 1 aliphatic heterocycles. The normalized spacial score (nSPS) is 16.7. The van der Waals surface area contributed by atoms with E-state index in [1.54, 1.807) is 6.21 Å². The Balaban J connectivity index is 1.82. The Bertz CT molecular complexity index is 769. The minimum atomic E-state index is -0.0609. The fourth-order valence-corrected chi connectivity index (χ4v) is 3.03. The van der Waals surface area contributed by atoms with E-state index in [1.807, 2.05) is 55.5 Å². The van der Waals surface area contributed by atoms with Gasteiger partial charge in [0.05, 0.1) is 17.7 Å². The predicted molar refractivity (Wildman–Crippen MR) is 99.3 cm³/mol. The third-order valence-corrected chi connectivity index (χ3v) is 4.64. The van der Waals surface area contributed by atoms with Crippen LogP contribution in [0.2, 0.25) is 0 Å². The van der Waals surface area contributed by atoms with Crippen LogP contribution in [0.15, 0.2) is 63.1 Å². The lowest BCUT2D eigenvalue weighted by molar-refractivity contribution is -0.124. The van der Waals surface area contributed by atoms with E-state index in [0.29, 0.717) is 10.9 Å². The summed E-state index contributed by atoms with van der Waals surface area (Å²) in [6.07, 6.45) is 1.67. The first kappa shape index (κ1) is 16.0. The zero-order chi connectivity index (χ0) is 16.2. The van der Waals surface area contributed by atoms with Gasteiger partial charge in [-0.3, -0.25) is 4.79 Å². The molecule has 6 heteroatoms. The molecule has 0 aromatic heterocycles. The summed E-state index contributed by atoms with van der Waals surface area (Å²) in [5.41, 5.74) is 2.92. The molecule has 1 saturated heterocycles. The van der Waals surface area contributed by atoms with Gasteiger partial charge in [-0.1, -0.05) is 57.5 Å². The van der Waals surface area contributed by atoms with Crippen LogP contribution in [0.1, 0.15) is 11.1 Å². The summed E-state index contributed by atoms with van der Waals surface area (Å²) in [7, 11) is 0. The monoisotopic (exact) mass is 387 g/mol.